The van der Waals surface area contributed by atoms with Crippen molar-refractivity contribution in [2.75, 3.05) is 0 Å². The van der Waals surface area contributed by atoms with Crippen molar-refractivity contribution < 1.29 is 9.59 Å². The number of carbonyl (C=O) groups is 2. The van der Waals surface area contributed by atoms with Crippen LogP contribution in [0.2, 0.25) is 0 Å². The van der Waals surface area contributed by atoms with E-state index in [1.54, 1.807) is 0 Å². The summed E-state index contributed by atoms with van der Waals surface area (Å²) in [5.74, 6) is -1.41. The molecule has 10 heavy (non-hydrogen) atoms. The van der Waals surface area contributed by atoms with Gasteiger partial charge in [0.1, 0.15) is 10.5 Å². The van der Waals surface area contributed by atoms with E-state index in [0.717, 1.165) is 0 Å². The zero-order chi connectivity index (χ0) is 8.31. The summed E-state index contributed by atoms with van der Waals surface area (Å²) in [7, 11) is 0. The Kier molecular flexibility index (Phi) is 3.59. The molecule has 0 fully saturated rings. The minimum absolute atomic E-state index is 0.706. The van der Waals surface area contributed by atoms with Crippen LogP contribution in [0.15, 0.2) is 0 Å². The van der Waals surface area contributed by atoms with Gasteiger partial charge in [-0.3, -0.25) is 9.59 Å². The Hall–Kier alpha value is -0.360. The highest BCUT2D eigenvalue weighted by atomic mass is 32.1. The highest BCUT2D eigenvalue weighted by Crippen LogP contribution is 2.07. The minimum Gasteiger partial charge on any atom is -0.369 e. The molecule has 0 aromatic carbocycles. The lowest BCUT2D eigenvalue weighted by atomic mass is 10.3. The second-order valence-electron chi connectivity index (χ2n) is 1.69. The number of nitrogens with two attached hydrogens (primary N) is 2. The molecule has 0 aromatic rings. The molecular weight excluding hydrogens is 172 g/mol. The van der Waals surface area contributed by atoms with Gasteiger partial charge in [0.2, 0.25) is 11.8 Å². The van der Waals surface area contributed by atoms with E-state index in [-0.39, 0.29) is 0 Å². The fourth-order valence-corrected chi connectivity index (χ4v) is 0.605. The Balaban J connectivity index is 4.07. The first-order valence-corrected chi connectivity index (χ1v) is 3.45. The number of rotatable bonds is 3. The SMILES string of the molecule is NC(=O)[C@@H](S)[C@@H](S)C(N)=O. The highest BCUT2D eigenvalue weighted by Gasteiger charge is 2.23. The zero-order valence-electron chi connectivity index (χ0n) is 5.02. The number of thiol groups is 2. The summed E-state index contributed by atoms with van der Waals surface area (Å²) in [6, 6.07) is 0. The Morgan fingerprint density at radius 2 is 1.20 bits per heavy atom. The van der Waals surface area contributed by atoms with E-state index >= 15 is 0 Å². The zero-order valence-corrected chi connectivity index (χ0v) is 6.81. The molecule has 0 rings (SSSR count). The van der Waals surface area contributed by atoms with Crippen LogP contribution in [-0.2, 0) is 9.59 Å². The van der Waals surface area contributed by atoms with E-state index < -0.39 is 22.3 Å². The van der Waals surface area contributed by atoms with E-state index in [0.29, 0.717) is 0 Å². The molecule has 4 N–H and O–H groups in total. The van der Waals surface area contributed by atoms with Crippen LogP contribution in [-0.4, -0.2) is 22.3 Å². The van der Waals surface area contributed by atoms with Gasteiger partial charge in [-0.1, -0.05) is 0 Å². The van der Waals surface area contributed by atoms with Gasteiger partial charge in [0.25, 0.3) is 0 Å². The fraction of sp³-hybridized carbons (Fsp3) is 0.500. The van der Waals surface area contributed by atoms with Gasteiger partial charge in [-0.2, -0.15) is 25.3 Å². The number of amides is 2. The van der Waals surface area contributed by atoms with Crippen molar-refractivity contribution in [3.63, 3.8) is 0 Å². The molecule has 0 radical (unpaired) electrons. The average molecular weight is 180 g/mol. The van der Waals surface area contributed by atoms with E-state index in [9.17, 15) is 9.59 Å². The molecule has 0 saturated carbocycles. The minimum atomic E-state index is -0.916. The largest absolute Gasteiger partial charge is 0.369 e. The van der Waals surface area contributed by atoms with E-state index in [1.807, 2.05) is 0 Å². The molecule has 0 saturated heterocycles. The van der Waals surface area contributed by atoms with Crippen molar-refractivity contribution in [2.24, 2.45) is 11.5 Å². The second kappa shape index (κ2) is 3.72. The van der Waals surface area contributed by atoms with Crippen LogP contribution >= 0.6 is 25.3 Å². The second-order valence-corrected chi connectivity index (χ2v) is 2.81. The summed E-state index contributed by atoms with van der Waals surface area (Å²) in [5.41, 5.74) is 9.61. The monoisotopic (exact) mass is 180 g/mol. The van der Waals surface area contributed by atoms with Crippen LogP contribution < -0.4 is 11.5 Å². The first kappa shape index (κ1) is 9.64. The van der Waals surface area contributed by atoms with Gasteiger partial charge in [-0.05, 0) is 0 Å². The van der Waals surface area contributed by atoms with Crippen molar-refractivity contribution in [1.29, 1.82) is 0 Å². The Labute approximate surface area is 69.1 Å². The quantitative estimate of drug-likeness (QED) is 0.401. The van der Waals surface area contributed by atoms with Crippen LogP contribution in [0.25, 0.3) is 0 Å². The third-order valence-corrected chi connectivity index (χ3v) is 2.22. The first-order valence-electron chi connectivity index (χ1n) is 2.41. The van der Waals surface area contributed by atoms with Crippen molar-refractivity contribution in [1.82, 2.24) is 0 Å². The van der Waals surface area contributed by atoms with Crippen molar-refractivity contribution >= 4 is 37.1 Å². The Bertz CT molecular complexity index is 143. The molecule has 6 heteroatoms. The molecule has 2 amide bonds. The Morgan fingerprint density at radius 3 is 1.30 bits per heavy atom. The third kappa shape index (κ3) is 2.49. The molecule has 4 nitrogen and oxygen atoms in total. The van der Waals surface area contributed by atoms with Crippen molar-refractivity contribution in [2.45, 2.75) is 10.5 Å². The van der Waals surface area contributed by atoms with Gasteiger partial charge in [-0.25, -0.2) is 0 Å². The molecule has 0 heterocycles. The standard InChI is InChI=1S/C4H8N2O2S2/c5-3(7)1(9)2(10)4(6)8/h1-2,9-10H,(H2,5,7)(H2,6,8)/t1-,2+. The molecular formula is C4H8N2O2S2. The lowest BCUT2D eigenvalue weighted by Crippen LogP contribution is -2.39. The summed E-state index contributed by atoms with van der Waals surface area (Å²) >= 11 is 7.41. The normalized spacial score (nSPS) is 15.8. The van der Waals surface area contributed by atoms with Gasteiger partial charge < -0.3 is 11.5 Å². The van der Waals surface area contributed by atoms with Gasteiger partial charge in [0, 0.05) is 0 Å². The summed E-state index contributed by atoms with van der Waals surface area (Å²) in [6.07, 6.45) is 0. The predicted molar refractivity (Wildman–Crippen MR) is 43.9 cm³/mol. The summed E-state index contributed by atoms with van der Waals surface area (Å²) in [4.78, 5) is 20.7. The molecule has 0 spiro atoms. The van der Waals surface area contributed by atoms with E-state index in [2.05, 4.69) is 25.3 Å². The first-order chi connectivity index (χ1) is 4.46. The van der Waals surface area contributed by atoms with E-state index in [1.165, 1.54) is 0 Å². The van der Waals surface area contributed by atoms with Crippen LogP contribution in [0.5, 0.6) is 0 Å². The molecule has 0 unspecified atom stereocenters. The maximum Gasteiger partial charge on any atom is 0.231 e. The van der Waals surface area contributed by atoms with Gasteiger partial charge in [0.15, 0.2) is 0 Å². The maximum atomic E-state index is 10.3. The number of hydrogen-bond donors (Lipinski definition) is 4. The number of hydrogen-bond acceptors (Lipinski definition) is 4. The maximum absolute atomic E-state index is 10.3. The lowest BCUT2D eigenvalue weighted by Gasteiger charge is -2.09. The van der Waals surface area contributed by atoms with Crippen LogP contribution in [0.4, 0.5) is 0 Å². The Morgan fingerprint density at radius 1 is 1.00 bits per heavy atom. The average Bonchev–Trinajstić information content (AvgIpc) is 1.84. The molecule has 0 aromatic heterocycles. The molecule has 0 aliphatic heterocycles. The van der Waals surface area contributed by atoms with Gasteiger partial charge >= 0.3 is 0 Å². The van der Waals surface area contributed by atoms with Crippen molar-refractivity contribution in [3.8, 4) is 0 Å². The molecule has 2 atom stereocenters. The topological polar surface area (TPSA) is 86.2 Å². The fourth-order valence-electron chi connectivity index (χ4n) is 0.311. The predicted octanol–water partition coefficient (Wildman–Crippen LogP) is -1.45. The summed E-state index contributed by atoms with van der Waals surface area (Å²) < 4.78 is 0. The molecule has 0 bridgehead atoms. The number of carbonyl (C=O) groups excluding carboxylic acids is 2. The molecule has 58 valence electrons. The highest BCUT2D eigenvalue weighted by molar-refractivity contribution is 7.86. The summed E-state index contributed by atoms with van der Waals surface area (Å²) in [6.45, 7) is 0. The summed E-state index contributed by atoms with van der Waals surface area (Å²) in [5, 5.41) is -1.83. The lowest BCUT2D eigenvalue weighted by molar-refractivity contribution is -0.122. The number of primary amides is 2. The van der Waals surface area contributed by atoms with Gasteiger partial charge in [-0.15, -0.1) is 0 Å². The van der Waals surface area contributed by atoms with Crippen LogP contribution in [0, 0.1) is 0 Å². The smallest absolute Gasteiger partial charge is 0.231 e. The van der Waals surface area contributed by atoms with Crippen LogP contribution in [0.3, 0.4) is 0 Å². The molecule has 0 aliphatic rings. The molecule has 0 aliphatic carbocycles. The van der Waals surface area contributed by atoms with E-state index in [4.69, 9.17) is 11.5 Å². The van der Waals surface area contributed by atoms with Crippen LogP contribution in [0.1, 0.15) is 0 Å². The van der Waals surface area contributed by atoms with Gasteiger partial charge in [0.05, 0.1) is 0 Å². The van der Waals surface area contributed by atoms with Crippen molar-refractivity contribution in [3.05, 3.63) is 0 Å². The third-order valence-electron chi connectivity index (χ3n) is 0.882.